The zero-order valence-electron chi connectivity index (χ0n) is 17.8. The number of rotatable bonds is 4. The molecule has 0 radical (unpaired) electrons. The van der Waals surface area contributed by atoms with Crippen molar-refractivity contribution in [1.82, 2.24) is 20.1 Å². The Morgan fingerprint density at radius 3 is 2.60 bits per heavy atom. The SMILES string of the molecule is Cc1cc(-c2cc(C(=O)NC3(C)CCS(=O)(=O)C3)c3cnn(C(C)C)c3n2)c(C)s1. The Morgan fingerprint density at radius 2 is 2.03 bits per heavy atom. The summed E-state index contributed by atoms with van der Waals surface area (Å²) in [4.78, 5) is 20.5. The van der Waals surface area contributed by atoms with Crippen molar-refractivity contribution in [2.75, 3.05) is 11.5 Å². The molecule has 1 atom stereocenters. The van der Waals surface area contributed by atoms with Crippen LogP contribution in [-0.2, 0) is 9.84 Å². The largest absolute Gasteiger partial charge is 0.346 e. The summed E-state index contributed by atoms with van der Waals surface area (Å²) >= 11 is 1.69. The first-order valence-corrected chi connectivity index (χ1v) is 12.6. The molecule has 4 heterocycles. The second-order valence-electron chi connectivity index (χ2n) is 8.66. The highest BCUT2D eigenvalue weighted by Crippen LogP contribution is 2.33. The predicted octanol–water partition coefficient (Wildman–Crippen LogP) is 3.66. The first-order valence-electron chi connectivity index (χ1n) is 9.97. The summed E-state index contributed by atoms with van der Waals surface area (Å²) in [6.07, 6.45) is 2.08. The third-order valence-electron chi connectivity index (χ3n) is 5.54. The van der Waals surface area contributed by atoms with Crippen LogP contribution in [0.5, 0.6) is 0 Å². The summed E-state index contributed by atoms with van der Waals surface area (Å²) in [7, 11) is -3.13. The van der Waals surface area contributed by atoms with E-state index >= 15 is 0 Å². The van der Waals surface area contributed by atoms with Gasteiger partial charge in [0, 0.05) is 21.4 Å². The van der Waals surface area contributed by atoms with Crippen LogP contribution in [0, 0.1) is 13.8 Å². The molecule has 1 saturated heterocycles. The lowest BCUT2D eigenvalue weighted by molar-refractivity contribution is 0.0917. The predicted molar refractivity (Wildman–Crippen MR) is 120 cm³/mol. The maximum Gasteiger partial charge on any atom is 0.252 e. The molecule has 1 aliphatic rings. The van der Waals surface area contributed by atoms with E-state index in [0.717, 1.165) is 16.1 Å². The molecule has 1 N–H and O–H groups in total. The second-order valence-corrected chi connectivity index (χ2v) is 12.3. The first kappa shape index (κ1) is 21.0. The van der Waals surface area contributed by atoms with Crippen molar-refractivity contribution in [3.63, 3.8) is 0 Å². The molecule has 1 fully saturated rings. The van der Waals surface area contributed by atoms with Gasteiger partial charge in [0.05, 0.1) is 39.9 Å². The van der Waals surface area contributed by atoms with Gasteiger partial charge < -0.3 is 5.32 Å². The topological polar surface area (TPSA) is 94.0 Å². The maximum absolute atomic E-state index is 13.3. The molecule has 0 aliphatic carbocycles. The van der Waals surface area contributed by atoms with E-state index in [4.69, 9.17) is 4.98 Å². The average Bonchev–Trinajstić information content (AvgIpc) is 3.28. The molecule has 3 aromatic rings. The van der Waals surface area contributed by atoms with Crippen LogP contribution in [0.15, 0.2) is 18.3 Å². The molecule has 3 aromatic heterocycles. The third-order valence-corrected chi connectivity index (χ3v) is 8.41. The van der Waals surface area contributed by atoms with E-state index in [1.807, 2.05) is 32.4 Å². The highest BCUT2D eigenvalue weighted by atomic mass is 32.2. The van der Waals surface area contributed by atoms with Crippen molar-refractivity contribution < 1.29 is 13.2 Å². The first-order chi connectivity index (χ1) is 14.0. The minimum atomic E-state index is -3.13. The van der Waals surface area contributed by atoms with Gasteiger partial charge in [-0.3, -0.25) is 4.79 Å². The molecular weight excluding hydrogens is 420 g/mol. The molecule has 0 saturated carbocycles. The number of nitrogens with zero attached hydrogens (tertiary/aromatic N) is 3. The van der Waals surface area contributed by atoms with Crippen LogP contribution in [0.25, 0.3) is 22.3 Å². The molecule has 0 aromatic carbocycles. The van der Waals surface area contributed by atoms with Crippen LogP contribution in [0.3, 0.4) is 0 Å². The van der Waals surface area contributed by atoms with Gasteiger partial charge in [-0.2, -0.15) is 5.10 Å². The fourth-order valence-corrected chi connectivity index (χ4v) is 7.08. The zero-order valence-corrected chi connectivity index (χ0v) is 19.4. The fourth-order valence-electron chi connectivity index (χ4n) is 4.06. The van der Waals surface area contributed by atoms with Gasteiger partial charge in [-0.25, -0.2) is 18.1 Å². The van der Waals surface area contributed by atoms with Gasteiger partial charge in [0.25, 0.3) is 5.91 Å². The van der Waals surface area contributed by atoms with Crippen LogP contribution in [0.4, 0.5) is 0 Å². The van der Waals surface area contributed by atoms with Gasteiger partial charge in [-0.05, 0) is 53.2 Å². The van der Waals surface area contributed by atoms with Crippen molar-refractivity contribution in [3.8, 4) is 11.3 Å². The summed E-state index contributed by atoms with van der Waals surface area (Å²) < 4.78 is 25.7. The van der Waals surface area contributed by atoms with Crippen molar-refractivity contribution in [2.24, 2.45) is 0 Å². The minimum Gasteiger partial charge on any atom is -0.346 e. The molecule has 160 valence electrons. The number of carbonyl (C=O) groups is 1. The Kier molecular flexibility index (Phi) is 5.01. The lowest BCUT2D eigenvalue weighted by Gasteiger charge is -2.24. The Hall–Kier alpha value is -2.26. The van der Waals surface area contributed by atoms with Crippen LogP contribution >= 0.6 is 11.3 Å². The van der Waals surface area contributed by atoms with Crippen LogP contribution in [-0.4, -0.2) is 46.1 Å². The summed E-state index contributed by atoms with van der Waals surface area (Å²) in [5.74, 6) is -0.239. The normalized spacial score (nSPS) is 20.9. The molecule has 1 amide bonds. The van der Waals surface area contributed by atoms with Gasteiger partial charge in [0.1, 0.15) is 0 Å². The van der Waals surface area contributed by atoms with Gasteiger partial charge in [0.15, 0.2) is 15.5 Å². The van der Waals surface area contributed by atoms with E-state index in [0.29, 0.717) is 23.0 Å². The Balaban J connectivity index is 1.84. The molecule has 1 unspecified atom stereocenters. The van der Waals surface area contributed by atoms with Crippen LogP contribution in [0.1, 0.15) is 53.3 Å². The minimum absolute atomic E-state index is 0.0408. The molecule has 9 heteroatoms. The smallest absolute Gasteiger partial charge is 0.252 e. The zero-order chi connectivity index (χ0) is 21.8. The molecule has 0 bridgehead atoms. The third kappa shape index (κ3) is 3.76. The van der Waals surface area contributed by atoms with Gasteiger partial charge in [-0.1, -0.05) is 0 Å². The summed E-state index contributed by atoms with van der Waals surface area (Å²) in [5.41, 5.74) is 2.07. The molecule has 1 aliphatic heterocycles. The van der Waals surface area contributed by atoms with E-state index < -0.39 is 15.4 Å². The summed E-state index contributed by atoms with van der Waals surface area (Å²) in [6, 6.07) is 3.96. The van der Waals surface area contributed by atoms with E-state index in [1.165, 1.54) is 4.88 Å². The van der Waals surface area contributed by atoms with Crippen LogP contribution in [0.2, 0.25) is 0 Å². The van der Waals surface area contributed by atoms with Gasteiger partial charge >= 0.3 is 0 Å². The number of hydrogen-bond donors (Lipinski definition) is 1. The molecule has 0 spiro atoms. The van der Waals surface area contributed by atoms with Crippen molar-refractivity contribution in [2.45, 2.75) is 52.6 Å². The highest BCUT2D eigenvalue weighted by Gasteiger charge is 2.40. The van der Waals surface area contributed by atoms with Gasteiger partial charge in [0.2, 0.25) is 0 Å². The molecule has 7 nitrogen and oxygen atoms in total. The summed E-state index contributed by atoms with van der Waals surface area (Å²) in [6.45, 7) is 9.92. The standard InChI is InChI=1S/C21H26N4O3S2/c1-12(2)25-19-17(10-22-25)16(9-18(23-19)15-8-13(3)29-14(15)4)20(26)24-21(5)6-7-30(27,28)11-21/h8-10,12H,6-7,11H2,1-5H3,(H,24,26). The lowest BCUT2D eigenvalue weighted by atomic mass is 10.0. The number of aryl methyl sites for hydroxylation is 2. The Morgan fingerprint density at radius 1 is 1.30 bits per heavy atom. The maximum atomic E-state index is 13.3. The molecular formula is C21H26N4O3S2. The lowest BCUT2D eigenvalue weighted by Crippen LogP contribution is -2.47. The number of hydrogen-bond acceptors (Lipinski definition) is 6. The van der Waals surface area contributed by atoms with Crippen molar-refractivity contribution in [3.05, 3.63) is 33.6 Å². The van der Waals surface area contributed by atoms with E-state index in [9.17, 15) is 13.2 Å². The number of nitrogens with one attached hydrogen (secondary N) is 1. The van der Waals surface area contributed by atoms with E-state index in [2.05, 4.69) is 16.5 Å². The monoisotopic (exact) mass is 446 g/mol. The highest BCUT2D eigenvalue weighted by molar-refractivity contribution is 7.91. The molecule has 30 heavy (non-hydrogen) atoms. The van der Waals surface area contributed by atoms with Gasteiger partial charge in [-0.15, -0.1) is 11.3 Å². The number of sulfone groups is 1. The number of fused-ring (bicyclic) bond motifs is 1. The van der Waals surface area contributed by atoms with E-state index in [-0.39, 0.29) is 23.5 Å². The fraction of sp³-hybridized carbons (Fsp3) is 0.476. The quantitative estimate of drug-likeness (QED) is 0.660. The number of carbonyl (C=O) groups excluding carboxylic acids is 1. The Bertz CT molecular complexity index is 1260. The molecule has 4 rings (SSSR count). The number of aromatic nitrogens is 3. The van der Waals surface area contributed by atoms with Crippen molar-refractivity contribution >= 4 is 38.1 Å². The second kappa shape index (κ2) is 7.16. The number of amides is 1. The van der Waals surface area contributed by atoms with E-state index in [1.54, 1.807) is 30.5 Å². The number of thiophene rings is 1. The Labute approximate surface area is 180 Å². The number of pyridine rings is 1. The average molecular weight is 447 g/mol. The summed E-state index contributed by atoms with van der Waals surface area (Å²) in [5, 5.41) is 8.10. The van der Waals surface area contributed by atoms with Crippen molar-refractivity contribution in [1.29, 1.82) is 0 Å². The van der Waals surface area contributed by atoms with Crippen LogP contribution < -0.4 is 5.32 Å².